The van der Waals surface area contributed by atoms with Gasteiger partial charge in [0.15, 0.2) is 0 Å². The van der Waals surface area contributed by atoms with Crippen LogP contribution in [0.3, 0.4) is 0 Å². The van der Waals surface area contributed by atoms with Gasteiger partial charge in [0.05, 0.1) is 17.9 Å². The molecule has 0 bridgehead atoms. The molecule has 4 rings (SSSR count). The molecular weight excluding hydrogens is 403 g/mol. The largest absolute Gasteiger partial charge is 0.406 e. The number of H-pyrrole nitrogens is 1. The van der Waals surface area contributed by atoms with Crippen LogP contribution in [0.2, 0.25) is 0 Å². The van der Waals surface area contributed by atoms with Crippen LogP contribution in [0, 0.1) is 5.92 Å². The van der Waals surface area contributed by atoms with Crippen LogP contribution in [0.15, 0.2) is 18.5 Å². The van der Waals surface area contributed by atoms with Crippen LogP contribution >= 0.6 is 11.9 Å². The number of anilines is 1. The van der Waals surface area contributed by atoms with Crippen molar-refractivity contribution in [2.45, 2.75) is 37.9 Å². The van der Waals surface area contributed by atoms with E-state index in [1.165, 1.54) is 6.20 Å². The monoisotopic (exact) mass is 427 g/mol. The summed E-state index contributed by atoms with van der Waals surface area (Å²) in [6.07, 6.45) is 4.51. The van der Waals surface area contributed by atoms with Gasteiger partial charge >= 0.3 is 6.18 Å². The van der Waals surface area contributed by atoms with Gasteiger partial charge in [-0.2, -0.15) is 13.2 Å². The molecule has 1 amide bonds. The summed E-state index contributed by atoms with van der Waals surface area (Å²) in [4.78, 5) is 23.0. The van der Waals surface area contributed by atoms with E-state index in [0.717, 1.165) is 42.5 Å². The topological polar surface area (TPSA) is 64.3 Å². The molecule has 1 fully saturated rings. The maximum absolute atomic E-state index is 13.1. The van der Waals surface area contributed by atoms with Gasteiger partial charge in [0.25, 0.3) is 5.91 Å². The number of hydrogen-bond acceptors (Lipinski definition) is 5. The molecule has 2 aromatic rings. The van der Waals surface area contributed by atoms with Gasteiger partial charge in [-0.15, -0.1) is 0 Å². The van der Waals surface area contributed by atoms with Crippen molar-refractivity contribution in [3.63, 3.8) is 0 Å². The van der Waals surface area contributed by atoms with Crippen molar-refractivity contribution < 1.29 is 18.0 Å². The molecule has 10 heteroatoms. The van der Waals surface area contributed by atoms with Crippen LogP contribution in [-0.2, 0) is 0 Å². The molecule has 1 aliphatic heterocycles. The zero-order valence-corrected chi connectivity index (χ0v) is 16.9. The van der Waals surface area contributed by atoms with Gasteiger partial charge in [0, 0.05) is 30.4 Å². The second-order valence-corrected chi connectivity index (χ2v) is 8.41. The molecular formula is C19H24F3N5OS. The standard InChI is InChI=1S/C19H24F3N5OS/c1-29-25-8-12-2-4-13(5-3-12)27-11-26(10-19(20,21)22)18(28)15-9-24-17-14(16(15)27)6-7-23-17/h6-7,9,12-13,25H,2-5,8,10-11H2,1H3,(H,23,24). The molecule has 2 N–H and O–H groups in total. The summed E-state index contributed by atoms with van der Waals surface area (Å²) in [5, 5.41) is 0.786. The fraction of sp³-hybridized carbons (Fsp3) is 0.579. The van der Waals surface area contributed by atoms with E-state index in [0.29, 0.717) is 17.3 Å². The van der Waals surface area contributed by atoms with Gasteiger partial charge < -0.3 is 14.8 Å². The number of nitrogens with zero attached hydrogens (tertiary/aromatic N) is 3. The third-order valence-corrected chi connectivity index (χ3v) is 6.28. The highest BCUT2D eigenvalue weighted by atomic mass is 32.2. The van der Waals surface area contributed by atoms with Crippen LogP contribution in [0.25, 0.3) is 11.0 Å². The molecule has 0 radical (unpaired) electrons. The molecule has 1 aliphatic carbocycles. The summed E-state index contributed by atoms with van der Waals surface area (Å²) < 4.78 is 42.6. The highest BCUT2D eigenvalue weighted by molar-refractivity contribution is 7.96. The molecule has 0 saturated heterocycles. The Hall–Kier alpha value is -1.94. The number of halogens is 3. The highest BCUT2D eigenvalue weighted by Crippen LogP contribution is 2.39. The third-order valence-electron chi connectivity index (χ3n) is 5.83. The molecule has 0 atom stereocenters. The molecule has 6 nitrogen and oxygen atoms in total. The molecule has 2 aliphatic rings. The average molecular weight is 427 g/mol. The molecule has 0 spiro atoms. The van der Waals surface area contributed by atoms with Crippen molar-refractivity contribution >= 4 is 34.6 Å². The van der Waals surface area contributed by atoms with Crippen LogP contribution in [-0.4, -0.2) is 59.0 Å². The lowest BCUT2D eigenvalue weighted by Gasteiger charge is -2.45. The maximum atomic E-state index is 13.1. The molecule has 3 heterocycles. The van der Waals surface area contributed by atoms with Crippen molar-refractivity contribution in [1.82, 2.24) is 19.6 Å². The van der Waals surface area contributed by atoms with Gasteiger partial charge in [0.1, 0.15) is 12.2 Å². The summed E-state index contributed by atoms with van der Waals surface area (Å²) >= 11 is 1.60. The fourth-order valence-corrected chi connectivity index (χ4v) is 4.85. The molecule has 1 saturated carbocycles. The number of carbonyl (C=O) groups is 1. The Morgan fingerprint density at radius 1 is 1.31 bits per heavy atom. The summed E-state index contributed by atoms with van der Waals surface area (Å²) in [5.74, 6) is -0.0392. The lowest BCUT2D eigenvalue weighted by molar-refractivity contribution is -0.141. The van der Waals surface area contributed by atoms with Crippen molar-refractivity contribution in [1.29, 1.82) is 0 Å². The first-order chi connectivity index (χ1) is 13.9. The van der Waals surface area contributed by atoms with Crippen molar-refractivity contribution in [2.75, 3.05) is 30.9 Å². The summed E-state index contributed by atoms with van der Waals surface area (Å²) in [5.41, 5.74) is 1.60. The number of amides is 1. The number of aromatic nitrogens is 2. The van der Waals surface area contributed by atoms with Crippen molar-refractivity contribution in [2.24, 2.45) is 5.92 Å². The second-order valence-electron chi connectivity index (χ2n) is 7.72. The van der Waals surface area contributed by atoms with Crippen LogP contribution in [0.1, 0.15) is 36.0 Å². The summed E-state index contributed by atoms with van der Waals surface area (Å²) in [7, 11) is 0. The van der Waals surface area contributed by atoms with Gasteiger partial charge in [-0.05, 0) is 43.9 Å². The van der Waals surface area contributed by atoms with Crippen LogP contribution in [0.5, 0.6) is 0 Å². The SMILES string of the molecule is CSNCC1CCC(N2CN(CC(F)(F)F)C(=O)c3cnc4[nH]ccc4c32)CC1. The summed E-state index contributed by atoms with van der Waals surface area (Å²) in [6.45, 7) is -0.358. The van der Waals surface area contributed by atoms with Crippen LogP contribution < -0.4 is 9.62 Å². The van der Waals surface area contributed by atoms with E-state index in [1.54, 1.807) is 18.1 Å². The third kappa shape index (κ3) is 4.18. The Morgan fingerprint density at radius 3 is 2.76 bits per heavy atom. The lowest BCUT2D eigenvalue weighted by Crippen LogP contribution is -2.54. The first-order valence-electron chi connectivity index (χ1n) is 9.72. The number of aromatic amines is 1. The van der Waals surface area contributed by atoms with Crippen molar-refractivity contribution in [3.05, 3.63) is 24.0 Å². The zero-order valence-electron chi connectivity index (χ0n) is 16.1. The van der Waals surface area contributed by atoms with Gasteiger partial charge in [-0.3, -0.25) is 9.52 Å². The number of pyridine rings is 1. The minimum atomic E-state index is -4.44. The van der Waals surface area contributed by atoms with E-state index >= 15 is 0 Å². The van der Waals surface area contributed by atoms with Gasteiger partial charge in [-0.25, -0.2) is 4.98 Å². The number of fused-ring (bicyclic) bond motifs is 3. The number of alkyl halides is 3. The van der Waals surface area contributed by atoms with Crippen LogP contribution in [0.4, 0.5) is 18.9 Å². The molecule has 29 heavy (non-hydrogen) atoms. The molecule has 158 valence electrons. The average Bonchev–Trinajstić information content (AvgIpc) is 3.17. The van der Waals surface area contributed by atoms with E-state index in [1.807, 2.05) is 17.2 Å². The smallest absolute Gasteiger partial charge is 0.349 e. The molecule has 0 unspecified atom stereocenters. The van der Waals surface area contributed by atoms with E-state index in [2.05, 4.69) is 14.7 Å². The Balaban J connectivity index is 1.64. The normalized spacial score (nSPS) is 23.0. The van der Waals surface area contributed by atoms with Crippen molar-refractivity contribution in [3.8, 4) is 0 Å². The lowest BCUT2D eigenvalue weighted by atomic mass is 9.85. The molecule has 2 aromatic heterocycles. The maximum Gasteiger partial charge on any atom is 0.406 e. The Morgan fingerprint density at radius 2 is 2.07 bits per heavy atom. The van der Waals surface area contributed by atoms with E-state index in [-0.39, 0.29) is 18.3 Å². The second kappa shape index (κ2) is 8.06. The predicted molar refractivity (Wildman–Crippen MR) is 108 cm³/mol. The molecule has 0 aromatic carbocycles. The zero-order chi connectivity index (χ0) is 20.6. The van der Waals surface area contributed by atoms with E-state index in [4.69, 9.17) is 0 Å². The summed E-state index contributed by atoms with van der Waals surface area (Å²) in [6, 6.07) is 1.94. The number of rotatable bonds is 5. The van der Waals surface area contributed by atoms with E-state index in [9.17, 15) is 18.0 Å². The Kier molecular flexibility index (Phi) is 5.65. The minimum absolute atomic E-state index is 0.0476. The quantitative estimate of drug-likeness (QED) is 0.712. The minimum Gasteiger partial charge on any atom is -0.349 e. The van der Waals surface area contributed by atoms with Gasteiger partial charge in [-0.1, -0.05) is 11.9 Å². The number of hydrogen-bond donors (Lipinski definition) is 2. The first kappa shape index (κ1) is 20.3. The Labute approximate surface area is 171 Å². The Bertz CT molecular complexity index is 878. The number of nitrogens with one attached hydrogen (secondary N) is 2. The van der Waals surface area contributed by atoms with Gasteiger partial charge in [0.2, 0.25) is 0 Å². The fourth-order valence-electron chi connectivity index (χ4n) is 4.45. The first-order valence-corrected chi connectivity index (χ1v) is 10.9. The van der Waals surface area contributed by atoms with E-state index < -0.39 is 18.6 Å². The number of carbonyl (C=O) groups excluding carboxylic acids is 1. The predicted octanol–water partition coefficient (Wildman–Crippen LogP) is 3.77. The highest BCUT2D eigenvalue weighted by Gasteiger charge is 2.41.